The Bertz CT molecular complexity index is 239. The van der Waals surface area contributed by atoms with Gasteiger partial charge in [0.15, 0.2) is 0 Å². The number of hydrogen-bond acceptors (Lipinski definition) is 3. The van der Waals surface area contributed by atoms with E-state index >= 15 is 0 Å². The van der Waals surface area contributed by atoms with Gasteiger partial charge in [0.05, 0.1) is 7.11 Å². The van der Waals surface area contributed by atoms with E-state index in [2.05, 4.69) is 18.8 Å². The quantitative estimate of drug-likeness (QED) is 0.370. The van der Waals surface area contributed by atoms with Crippen LogP contribution in [0.15, 0.2) is 12.7 Å². The van der Waals surface area contributed by atoms with E-state index < -0.39 is 0 Å². The molecule has 106 valence electrons. The molecule has 0 radical (unpaired) electrons. The van der Waals surface area contributed by atoms with Gasteiger partial charge < -0.3 is 10.1 Å². The summed E-state index contributed by atoms with van der Waals surface area (Å²) >= 11 is 0. The average molecular weight is 255 g/mol. The van der Waals surface area contributed by atoms with Gasteiger partial charge in [0.1, 0.15) is 6.04 Å². The smallest absolute Gasteiger partial charge is 0.323 e. The molecule has 0 fully saturated rings. The summed E-state index contributed by atoms with van der Waals surface area (Å²) < 4.78 is 4.85. The van der Waals surface area contributed by atoms with E-state index in [0.29, 0.717) is 6.04 Å². The molecule has 0 unspecified atom stereocenters. The Balaban J connectivity index is 4.40. The molecule has 0 spiro atoms. The van der Waals surface area contributed by atoms with Crippen LogP contribution in [0.3, 0.4) is 0 Å². The number of esters is 1. The molecule has 0 aliphatic heterocycles. The fourth-order valence-corrected chi connectivity index (χ4v) is 2.02. The van der Waals surface area contributed by atoms with Gasteiger partial charge in [0.2, 0.25) is 0 Å². The van der Waals surface area contributed by atoms with Crippen LogP contribution in [-0.4, -0.2) is 25.2 Å². The third-order valence-corrected chi connectivity index (χ3v) is 3.14. The van der Waals surface area contributed by atoms with Crippen LogP contribution in [0.1, 0.15) is 52.9 Å². The summed E-state index contributed by atoms with van der Waals surface area (Å²) in [4.78, 5) is 11.7. The second-order valence-electron chi connectivity index (χ2n) is 5.13. The molecule has 0 amide bonds. The Morgan fingerprint density at radius 1 is 1.39 bits per heavy atom. The maximum atomic E-state index is 11.7. The van der Waals surface area contributed by atoms with Crippen molar-refractivity contribution in [3.8, 4) is 0 Å². The van der Waals surface area contributed by atoms with E-state index in [4.69, 9.17) is 4.74 Å². The Hall–Kier alpha value is -0.830. The summed E-state index contributed by atoms with van der Waals surface area (Å²) in [6, 6.07) is 0.0992. The Labute approximate surface area is 112 Å². The van der Waals surface area contributed by atoms with Crippen LogP contribution in [0.25, 0.3) is 0 Å². The van der Waals surface area contributed by atoms with Crippen molar-refractivity contribution in [1.29, 1.82) is 0 Å². The molecule has 0 aliphatic carbocycles. The largest absolute Gasteiger partial charge is 0.468 e. The van der Waals surface area contributed by atoms with Gasteiger partial charge in [-0.25, -0.2) is 0 Å². The summed E-state index contributed by atoms with van der Waals surface area (Å²) in [5.41, 5.74) is 0. The number of ether oxygens (including phenoxy) is 1. The molecule has 2 atom stereocenters. The molecular weight excluding hydrogens is 226 g/mol. The molecule has 0 aromatic rings. The van der Waals surface area contributed by atoms with Gasteiger partial charge in [-0.2, -0.15) is 0 Å². The minimum atomic E-state index is -0.221. The molecule has 18 heavy (non-hydrogen) atoms. The van der Waals surface area contributed by atoms with Crippen LogP contribution in [0.5, 0.6) is 0 Å². The summed E-state index contributed by atoms with van der Waals surface area (Å²) in [6.45, 7) is 10.1. The predicted molar refractivity (Wildman–Crippen MR) is 76.5 cm³/mol. The van der Waals surface area contributed by atoms with Crippen molar-refractivity contribution in [3.05, 3.63) is 12.7 Å². The second kappa shape index (κ2) is 10.1. The van der Waals surface area contributed by atoms with Gasteiger partial charge in [0.25, 0.3) is 0 Å². The highest BCUT2D eigenvalue weighted by atomic mass is 16.5. The summed E-state index contributed by atoms with van der Waals surface area (Å²) in [7, 11) is 1.44. The lowest BCUT2D eigenvalue weighted by Gasteiger charge is -2.26. The van der Waals surface area contributed by atoms with E-state index in [1.165, 1.54) is 26.4 Å². The summed E-state index contributed by atoms with van der Waals surface area (Å²) in [5.74, 6) is 0.0606. The van der Waals surface area contributed by atoms with E-state index in [-0.39, 0.29) is 17.9 Å². The molecule has 0 bridgehead atoms. The number of nitrogens with one attached hydrogen (secondary N) is 1. The van der Waals surface area contributed by atoms with Crippen LogP contribution in [-0.2, 0) is 9.53 Å². The SMILES string of the molecule is C=CC[C@@H](CCCCC)N[C@H](C(=O)OC)C(C)C. The lowest BCUT2D eigenvalue weighted by atomic mass is 9.99. The van der Waals surface area contributed by atoms with Crippen molar-refractivity contribution < 1.29 is 9.53 Å². The van der Waals surface area contributed by atoms with E-state index in [1.807, 2.05) is 19.9 Å². The topological polar surface area (TPSA) is 38.3 Å². The predicted octanol–water partition coefficient (Wildman–Crippen LogP) is 3.30. The molecule has 0 saturated carbocycles. The van der Waals surface area contributed by atoms with Crippen molar-refractivity contribution in [2.45, 2.75) is 65.0 Å². The number of rotatable bonds is 10. The lowest BCUT2D eigenvalue weighted by molar-refractivity contribution is -0.144. The first kappa shape index (κ1) is 17.2. The third kappa shape index (κ3) is 6.80. The van der Waals surface area contributed by atoms with Crippen LogP contribution in [0.2, 0.25) is 0 Å². The summed E-state index contributed by atoms with van der Waals surface area (Å²) in [6.07, 6.45) is 7.53. The van der Waals surface area contributed by atoms with Crippen LogP contribution in [0, 0.1) is 5.92 Å². The van der Waals surface area contributed by atoms with Crippen molar-refractivity contribution in [2.75, 3.05) is 7.11 Å². The van der Waals surface area contributed by atoms with Gasteiger partial charge in [-0.15, -0.1) is 6.58 Å². The van der Waals surface area contributed by atoms with E-state index in [0.717, 1.165) is 12.8 Å². The fraction of sp³-hybridized carbons (Fsp3) is 0.800. The van der Waals surface area contributed by atoms with Crippen molar-refractivity contribution in [2.24, 2.45) is 5.92 Å². The zero-order valence-electron chi connectivity index (χ0n) is 12.4. The second-order valence-corrected chi connectivity index (χ2v) is 5.13. The lowest BCUT2D eigenvalue weighted by Crippen LogP contribution is -2.47. The normalized spacial score (nSPS) is 14.3. The maximum Gasteiger partial charge on any atom is 0.323 e. The van der Waals surface area contributed by atoms with Crippen LogP contribution >= 0.6 is 0 Å². The molecule has 1 N–H and O–H groups in total. The highest BCUT2D eigenvalue weighted by Gasteiger charge is 2.25. The van der Waals surface area contributed by atoms with Gasteiger partial charge in [-0.05, 0) is 18.8 Å². The first-order valence-corrected chi connectivity index (χ1v) is 7.01. The number of unbranched alkanes of at least 4 members (excludes halogenated alkanes) is 2. The van der Waals surface area contributed by atoms with E-state index in [1.54, 1.807) is 0 Å². The third-order valence-electron chi connectivity index (χ3n) is 3.14. The van der Waals surface area contributed by atoms with Gasteiger partial charge in [-0.1, -0.05) is 46.1 Å². The molecule has 0 saturated heterocycles. The molecule has 3 nitrogen and oxygen atoms in total. The fourth-order valence-electron chi connectivity index (χ4n) is 2.02. The number of methoxy groups -OCH3 is 1. The van der Waals surface area contributed by atoms with Gasteiger partial charge in [-0.3, -0.25) is 4.79 Å². The Kier molecular flexibility index (Phi) is 9.66. The molecule has 0 aliphatic rings. The highest BCUT2D eigenvalue weighted by molar-refractivity contribution is 5.75. The summed E-state index contributed by atoms with van der Waals surface area (Å²) in [5, 5.41) is 3.42. The Morgan fingerprint density at radius 2 is 2.06 bits per heavy atom. The van der Waals surface area contributed by atoms with Crippen LogP contribution < -0.4 is 5.32 Å². The molecule has 0 aromatic heterocycles. The van der Waals surface area contributed by atoms with Crippen molar-refractivity contribution >= 4 is 5.97 Å². The number of carbonyl (C=O) groups is 1. The van der Waals surface area contributed by atoms with Crippen molar-refractivity contribution in [1.82, 2.24) is 5.32 Å². The Morgan fingerprint density at radius 3 is 2.50 bits per heavy atom. The maximum absolute atomic E-state index is 11.7. The standard InChI is InChI=1S/C15H29NO2/c1-6-8-9-11-13(10-7-2)16-14(12(3)4)15(17)18-5/h7,12-14,16H,2,6,8-11H2,1,3-5H3/t13-,14-/m0/s1. The zero-order chi connectivity index (χ0) is 14.0. The van der Waals surface area contributed by atoms with Crippen LogP contribution in [0.4, 0.5) is 0 Å². The van der Waals surface area contributed by atoms with Gasteiger partial charge in [0, 0.05) is 6.04 Å². The van der Waals surface area contributed by atoms with E-state index in [9.17, 15) is 4.79 Å². The molecule has 0 heterocycles. The molecule has 0 rings (SSSR count). The minimum Gasteiger partial charge on any atom is -0.468 e. The monoisotopic (exact) mass is 255 g/mol. The number of hydrogen-bond donors (Lipinski definition) is 1. The highest BCUT2D eigenvalue weighted by Crippen LogP contribution is 2.11. The molecule has 3 heteroatoms. The minimum absolute atomic E-state index is 0.172. The molecular formula is C15H29NO2. The first-order chi connectivity index (χ1) is 8.56. The van der Waals surface area contributed by atoms with Crippen molar-refractivity contribution in [3.63, 3.8) is 0 Å². The molecule has 0 aromatic carbocycles. The average Bonchev–Trinajstić information content (AvgIpc) is 2.34. The number of carbonyl (C=O) groups excluding carboxylic acids is 1. The zero-order valence-corrected chi connectivity index (χ0v) is 12.4. The van der Waals surface area contributed by atoms with Gasteiger partial charge >= 0.3 is 5.97 Å². The first-order valence-electron chi connectivity index (χ1n) is 7.01.